The lowest BCUT2D eigenvalue weighted by Gasteiger charge is -2.48. The molecule has 6 heterocycles. The van der Waals surface area contributed by atoms with Crippen LogP contribution >= 0.6 is 0 Å². The van der Waals surface area contributed by atoms with Gasteiger partial charge in [0.2, 0.25) is 0 Å². The van der Waals surface area contributed by atoms with E-state index in [4.69, 9.17) is 47.4 Å². The zero-order valence-electron chi connectivity index (χ0n) is 38.2. The highest BCUT2D eigenvalue weighted by Crippen LogP contribution is 2.47. The van der Waals surface area contributed by atoms with Gasteiger partial charge in [0.25, 0.3) is 0 Å². The molecule has 0 aromatic carbocycles. The minimum absolute atomic E-state index is 0.0317. The van der Waals surface area contributed by atoms with Crippen LogP contribution in [0.15, 0.2) is 59.3 Å². The molecule has 14 nitrogen and oxygen atoms in total. The number of allylic oxidation sites excluding steroid dienone is 2. The average molecular weight is 873 g/mol. The van der Waals surface area contributed by atoms with Crippen molar-refractivity contribution in [1.29, 1.82) is 0 Å². The second-order valence-electron chi connectivity index (χ2n) is 19.0. The smallest absolute Gasteiger partial charge is 0.316 e. The zero-order valence-corrected chi connectivity index (χ0v) is 38.2. The Morgan fingerprint density at radius 1 is 0.887 bits per heavy atom. The van der Waals surface area contributed by atoms with Crippen LogP contribution in [-0.4, -0.2) is 139 Å². The highest BCUT2D eigenvalue weighted by atomic mass is 16.7. The highest BCUT2D eigenvalue weighted by Gasteiger charge is 2.60. The average Bonchev–Trinajstić information content (AvgIpc) is 3.58. The molecule has 1 aliphatic carbocycles. The molecule has 5 unspecified atom stereocenters. The molecule has 14 heteroatoms. The fourth-order valence-electron chi connectivity index (χ4n) is 10.6. The summed E-state index contributed by atoms with van der Waals surface area (Å²) in [4.78, 5) is 14.3. The van der Waals surface area contributed by atoms with Crippen LogP contribution < -0.4 is 0 Å². The molecule has 0 amide bonds. The van der Waals surface area contributed by atoms with Gasteiger partial charge in [0.05, 0.1) is 49.3 Å². The van der Waals surface area contributed by atoms with E-state index in [9.17, 15) is 20.1 Å². The first-order valence-corrected chi connectivity index (χ1v) is 22.9. The molecule has 6 aliphatic heterocycles. The lowest BCUT2D eigenvalue weighted by atomic mass is 9.71. The van der Waals surface area contributed by atoms with Crippen LogP contribution in [-0.2, 0) is 52.2 Å². The first kappa shape index (κ1) is 47.6. The van der Waals surface area contributed by atoms with Crippen LogP contribution in [0.3, 0.4) is 0 Å². The fourth-order valence-corrected chi connectivity index (χ4v) is 10.6. The molecule has 0 saturated carbocycles. The van der Waals surface area contributed by atoms with Crippen LogP contribution in [0.1, 0.15) is 93.9 Å². The van der Waals surface area contributed by atoms with Gasteiger partial charge in [0, 0.05) is 51.7 Å². The third-order valence-electron chi connectivity index (χ3n) is 14.5. The van der Waals surface area contributed by atoms with E-state index in [0.717, 1.165) is 12.0 Å². The maximum atomic E-state index is 14.3. The topological polar surface area (TPSA) is 170 Å². The van der Waals surface area contributed by atoms with Gasteiger partial charge in [0.1, 0.15) is 42.0 Å². The summed E-state index contributed by atoms with van der Waals surface area (Å²) >= 11 is 0. The molecule has 62 heavy (non-hydrogen) atoms. The van der Waals surface area contributed by atoms with E-state index >= 15 is 0 Å². The summed E-state index contributed by atoms with van der Waals surface area (Å²) in [7, 11) is 3.22. The molecular formula is C48H72O14. The van der Waals surface area contributed by atoms with Gasteiger partial charge in [-0.2, -0.15) is 0 Å². The van der Waals surface area contributed by atoms with Crippen molar-refractivity contribution in [3.8, 4) is 0 Å². The predicted molar refractivity (Wildman–Crippen MR) is 227 cm³/mol. The molecule has 348 valence electrons. The van der Waals surface area contributed by atoms with E-state index in [0.29, 0.717) is 43.3 Å². The van der Waals surface area contributed by atoms with Crippen molar-refractivity contribution in [2.24, 2.45) is 23.7 Å². The Morgan fingerprint density at radius 3 is 2.32 bits per heavy atom. The number of carbonyl (C=O) groups is 1. The largest absolute Gasteiger partial charge is 0.462 e. The molecular weight excluding hydrogens is 801 g/mol. The second-order valence-corrected chi connectivity index (χ2v) is 19.0. The van der Waals surface area contributed by atoms with Gasteiger partial charge in [-0.1, -0.05) is 70.6 Å². The molecule has 1 spiro atoms. The Labute approximate surface area is 367 Å². The van der Waals surface area contributed by atoms with E-state index in [-0.39, 0.29) is 42.7 Å². The standard InChI is InChI=1S/C48H72O14/c1-11-25(2)43-28(5)17-18-47(62-43)23-34-20-33(61-47)16-15-27(4)42(26(3)13-12-14-32-24-55-45-40(49)29(6)19-35(46(51)58-34)48(32,45)52)59-39-22-37(54-10)44(31(8)57-39)60-38-21-36(53-9)41(50)30(7)56-38/h12-15,17-19,25-26,28,30-31,33-45,49-50,52H,11,16,20-24H2,1-10H3/b13-12+,27-15+,32-14+/t25?,26-,28-,30-,31-,33?,34-,35?,36-,37-,38-,39-,40+,41-,42-,43?,44-,45?,47+,48+/m0/s1. The van der Waals surface area contributed by atoms with Crippen molar-refractivity contribution >= 4 is 5.97 Å². The van der Waals surface area contributed by atoms with Crippen molar-refractivity contribution in [3.05, 3.63) is 59.3 Å². The SMILES string of the molecule is CCC(C)C1O[C@]2(C=C[C@@H]1C)C[C@@H]1CC(C/C=C(\C)[C@@H](O[C@H]3C[C@H](OC)[C@@H](O[C@H]4C[C@H](OC)[C@@H](O)[C@H](C)O4)[C@H](C)O3)[C@@H](C)/C=C/C=C3\COC4[C@H](O)C(C)=CC(C(=O)O1)[C@]34O)O2. The number of ether oxygens (including phenoxy) is 10. The lowest BCUT2D eigenvalue weighted by molar-refractivity contribution is -0.318. The third-order valence-corrected chi connectivity index (χ3v) is 14.5. The quantitative estimate of drug-likeness (QED) is 0.210. The van der Waals surface area contributed by atoms with Gasteiger partial charge >= 0.3 is 5.97 Å². The zero-order chi connectivity index (χ0) is 44.7. The summed E-state index contributed by atoms with van der Waals surface area (Å²) < 4.78 is 63.7. The van der Waals surface area contributed by atoms with Crippen molar-refractivity contribution < 1.29 is 67.5 Å². The number of hydrogen-bond donors (Lipinski definition) is 3. The molecule has 0 aromatic rings. The third kappa shape index (κ3) is 9.64. The number of rotatable bonds is 8. The summed E-state index contributed by atoms with van der Waals surface area (Å²) in [6, 6.07) is 0. The normalized spacial score (nSPS) is 49.1. The van der Waals surface area contributed by atoms with Crippen molar-refractivity contribution in [2.45, 2.75) is 191 Å². The fraction of sp³-hybridized carbons (Fsp3) is 0.771. The van der Waals surface area contributed by atoms with Crippen molar-refractivity contribution in [3.63, 3.8) is 0 Å². The molecule has 7 aliphatic rings. The molecule has 7 rings (SSSR count). The Kier molecular flexibility index (Phi) is 15.1. The molecule has 20 atom stereocenters. The van der Waals surface area contributed by atoms with Gasteiger partial charge in [0.15, 0.2) is 18.4 Å². The van der Waals surface area contributed by atoms with Crippen LogP contribution in [0.4, 0.5) is 0 Å². The summed E-state index contributed by atoms with van der Waals surface area (Å²) in [5, 5.41) is 34.2. The number of aliphatic hydroxyl groups excluding tert-OH is 2. The predicted octanol–water partition coefficient (Wildman–Crippen LogP) is 5.38. The summed E-state index contributed by atoms with van der Waals surface area (Å²) in [6.07, 6.45) is 8.55. The molecule has 4 fully saturated rings. The van der Waals surface area contributed by atoms with Gasteiger partial charge in [-0.15, -0.1) is 0 Å². The van der Waals surface area contributed by atoms with Gasteiger partial charge in [-0.3, -0.25) is 4.79 Å². The van der Waals surface area contributed by atoms with E-state index < -0.39 is 90.8 Å². The first-order chi connectivity index (χ1) is 29.5. The highest BCUT2D eigenvalue weighted by molar-refractivity contribution is 5.78. The van der Waals surface area contributed by atoms with Crippen molar-refractivity contribution in [1.82, 2.24) is 0 Å². The molecule has 3 N–H and O–H groups in total. The number of fused-ring (bicyclic) bond motifs is 2. The van der Waals surface area contributed by atoms with Crippen LogP contribution in [0.2, 0.25) is 0 Å². The minimum Gasteiger partial charge on any atom is -0.462 e. The summed E-state index contributed by atoms with van der Waals surface area (Å²) in [5.74, 6) is -2.56. The Morgan fingerprint density at radius 2 is 1.60 bits per heavy atom. The van der Waals surface area contributed by atoms with E-state index in [2.05, 4.69) is 39.8 Å². The van der Waals surface area contributed by atoms with Gasteiger partial charge in [-0.05, 0) is 62.8 Å². The lowest BCUT2D eigenvalue weighted by Crippen LogP contribution is -2.58. The number of aliphatic hydroxyl groups is 3. The first-order valence-electron chi connectivity index (χ1n) is 22.9. The molecule has 4 saturated heterocycles. The van der Waals surface area contributed by atoms with E-state index in [1.807, 2.05) is 32.1 Å². The number of esters is 1. The van der Waals surface area contributed by atoms with Gasteiger partial charge < -0.3 is 62.7 Å². The summed E-state index contributed by atoms with van der Waals surface area (Å²) in [5.41, 5.74) is 0.134. The van der Waals surface area contributed by atoms with E-state index in [1.165, 1.54) is 0 Å². The Hall–Kier alpha value is -2.31. The molecule has 0 aromatic heterocycles. The number of carbonyl (C=O) groups excluding carboxylic acids is 1. The van der Waals surface area contributed by atoms with Crippen molar-refractivity contribution in [2.75, 3.05) is 20.8 Å². The minimum atomic E-state index is -1.84. The van der Waals surface area contributed by atoms with Gasteiger partial charge in [-0.25, -0.2) is 0 Å². The summed E-state index contributed by atoms with van der Waals surface area (Å²) in [6.45, 7) is 16.1. The second kappa shape index (κ2) is 19.7. The van der Waals surface area contributed by atoms with Crippen LogP contribution in [0.5, 0.6) is 0 Å². The number of hydrogen-bond acceptors (Lipinski definition) is 14. The number of methoxy groups -OCH3 is 2. The maximum absolute atomic E-state index is 14.3. The molecule has 0 radical (unpaired) electrons. The van der Waals surface area contributed by atoms with Crippen LogP contribution in [0, 0.1) is 23.7 Å². The maximum Gasteiger partial charge on any atom is 0.316 e. The Bertz CT molecular complexity index is 1730. The van der Waals surface area contributed by atoms with Crippen LogP contribution in [0.25, 0.3) is 0 Å². The molecule has 2 bridgehead atoms. The van der Waals surface area contributed by atoms with E-state index in [1.54, 1.807) is 40.2 Å². The monoisotopic (exact) mass is 872 g/mol. The Balaban J connectivity index is 1.18.